The minimum absolute atomic E-state index is 0.209. The number of benzene rings is 2. The van der Waals surface area contributed by atoms with Gasteiger partial charge in [0, 0.05) is 6.04 Å². The molecule has 0 spiro atoms. The molecule has 0 aromatic heterocycles. The topological polar surface area (TPSA) is 75.7 Å². The van der Waals surface area contributed by atoms with Gasteiger partial charge in [-0.15, -0.1) is 0 Å². The van der Waals surface area contributed by atoms with Crippen molar-refractivity contribution < 1.29 is 19.1 Å². The maximum absolute atomic E-state index is 13.3. The Bertz CT molecular complexity index is 930. The molecule has 4 rings (SSSR count). The molecule has 4 atom stereocenters. The van der Waals surface area contributed by atoms with Gasteiger partial charge in [0.1, 0.15) is 5.54 Å². The van der Waals surface area contributed by atoms with Crippen LogP contribution in [-0.2, 0) is 32.1 Å². The fraction of sp³-hybridized carbons (Fsp3) is 0.348. The number of ether oxygens (including phenoxy) is 1. The maximum atomic E-state index is 13.3. The molecule has 2 aliphatic heterocycles. The number of esters is 1. The number of methoxy groups -OCH3 is 1. The molecule has 2 heterocycles. The summed E-state index contributed by atoms with van der Waals surface area (Å²) in [5.41, 5.74) is 0.679. The first-order valence-electron chi connectivity index (χ1n) is 9.75. The summed E-state index contributed by atoms with van der Waals surface area (Å²) in [6.45, 7) is 1.87. The number of nitrogens with zero attached hydrogens (tertiary/aromatic N) is 1. The second kappa shape index (κ2) is 7.44. The first-order valence-corrected chi connectivity index (χ1v) is 9.75. The number of imide groups is 1. The van der Waals surface area contributed by atoms with Crippen molar-refractivity contribution in [2.75, 3.05) is 7.11 Å². The van der Waals surface area contributed by atoms with Crippen molar-refractivity contribution >= 4 is 17.8 Å². The van der Waals surface area contributed by atoms with Gasteiger partial charge in [-0.2, -0.15) is 0 Å². The summed E-state index contributed by atoms with van der Waals surface area (Å²) >= 11 is 0. The van der Waals surface area contributed by atoms with E-state index in [-0.39, 0.29) is 24.4 Å². The summed E-state index contributed by atoms with van der Waals surface area (Å²) in [6, 6.07) is 18.8. The van der Waals surface area contributed by atoms with Crippen molar-refractivity contribution in [1.82, 2.24) is 10.2 Å². The third-order valence-electron chi connectivity index (χ3n) is 6.07. The quantitative estimate of drug-likeness (QED) is 0.622. The molecule has 1 N–H and O–H groups in total. The van der Waals surface area contributed by atoms with Gasteiger partial charge in [-0.1, -0.05) is 60.7 Å². The van der Waals surface area contributed by atoms with Crippen LogP contribution in [0, 0.1) is 11.8 Å². The maximum Gasteiger partial charge on any atom is 0.326 e. The van der Waals surface area contributed by atoms with Gasteiger partial charge in [-0.25, -0.2) is 0 Å². The molecule has 6 nitrogen and oxygen atoms in total. The van der Waals surface area contributed by atoms with Crippen LogP contribution in [0.25, 0.3) is 0 Å². The number of amides is 2. The zero-order valence-corrected chi connectivity index (χ0v) is 16.5. The van der Waals surface area contributed by atoms with E-state index < -0.39 is 23.3 Å². The second-order valence-electron chi connectivity index (χ2n) is 7.89. The fourth-order valence-corrected chi connectivity index (χ4v) is 4.69. The number of fused-ring (bicyclic) bond motifs is 1. The minimum atomic E-state index is -1.24. The lowest BCUT2D eigenvalue weighted by molar-refractivity contribution is -0.153. The number of hydrogen-bond acceptors (Lipinski definition) is 5. The van der Waals surface area contributed by atoms with Crippen LogP contribution in [0.4, 0.5) is 0 Å². The number of hydrogen-bond donors (Lipinski definition) is 1. The zero-order chi connectivity index (χ0) is 20.6. The van der Waals surface area contributed by atoms with Crippen LogP contribution in [-0.4, -0.2) is 41.4 Å². The van der Waals surface area contributed by atoms with Crippen molar-refractivity contribution in [2.45, 2.75) is 31.5 Å². The fourth-order valence-electron chi connectivity index (χ4n) is 4.69. The van der Waals surface area contributed by atoms with Gasteiger partial charge < -0.3 is 4.74 Å². The van der Waals surface area contributed by atoms with Gasteiger partial charge >= 0.3 is 5.97 Å². The van der Waals surface area contributed by atoms with Crippen molar-refractivity contribution in [3.05, 3.63) is 71.8 Å². The minimum Gasteiger partial charge on any atom is -0.468 e. The Morgan fingerprint density at radius 1 is 1.00 bits per heavy atom. The lowest BCUT2D eigenvalue weighted by Gasteiger charge is -2.28. The standard InChI is InChI=1S/C23H24N2O4/c1-23(22(28)29-2)19-18(17(24-23)13-15-9-5-3-6-10-15)20(26)25(21(19)27)14-16-11-7-4-8-12-16/h3-12,17-19,24H,13-14H2,1-2H3. The molecule has 0 aliphatic carbocycles. The van der Waals surface area contributed by atoms with Crippen LogP contribution in [0.1, 0.15) is 18.1 Å². The predicted octanol–water partition coefficient (Wildman–Crippen LogP) is 1.93. The van der Waals surface area contributed by atoms with Crippen LogP contribution in [0.3, 0.4) is 0 Å². The van der Waals surface area contributed by atoms with Crippen molar-refractivity contribution in [2.24, 2.45) is 11.8 Å². The highest BCUT2D eigenvalue weighted by molar-refractivity contribution is 6.09. The van der Waals surface area contributed by atoms with Crippen LogP contribution >= 0.6 is 0 Å². The monoisotopic (exact) mass is 392 g/mol. The molecule has 0 bridgehead atoms. The molecule has 0 saturated carbocycles. The third-order valence-corrected chi connectivity index (χ3v) is 6.07. The van der Waals surface area contributed by atoms with Crippen molar-refractivity contribution in [3.8, 4) is 0 Å². The number of carbonyl (C=O) groups is 3. The van der Waals surface area contributed by atoms with E-state index >= 15 is 0 Å². The summed E-state index contributed by atoms with van der Waals surface area (Å²) in [7, 11) is 1.30. The Hall–Kier alpha value is -2.99. The second-order valence-corrected chi connectivity index (χ2v) is 7.89. The van der Waals surface area contributed by atoms with Gasteiger partial charge in [0.15, 0.2) is 0 Å². The Balaban J connectivity index is 1.68. The number of rotatable bonds is 5. The van der Waals surface area contributed by atoms with Gasteiger partial charge in [-0.05, 0) is 24.5 Å². The van der Waals surface area contributed by atoms with E-state index in [0.717, 1.165) is 11.1 Å². The van der Waals surface area contributed by atoms with Crippen molar-refractivity contribution in [3.63, 3.8) is 0 Å². The highest BCUT2D eigenvalue weighted by Crippen LogP contribution is 2.44. The van der Waals surface area contributed by atoms with E-state index in [9.17, 15) is 14.4 Å². The molecule has 29 heavy (non-hydrogen) atoms. The molecule has 2 fully saturated rings. The Morgan fingerprint density at radius 3 is 2.17 bits per heavy atom. The predicted molar refractivity (Wildman–Crippen MR) is 106 cm³/mol. The largest absolute Gasteiger partial charge is 0.468 e. The third kappa shape index (κ3) is 3.23. The van der Waals surface area contributed by atoms with E-state index in [1.165, 1.54) is 12.0 Å². The molecule has 2 saturated heterocycles. The van der Waals surface area contributed by atoms with Gasteiger partial charge in [0.05, 0.1) is 25.5 Å². The van der Waals surface area contributed by atoms with Crippen LogP contribution in [0.15, 0.2) is 60.7 Å². The van der Waals surface area contributed by atoms with Gasteiger partial charge in [0.25, 0.3) is 0 Å². The molecule has 4 unspecified atom stereocenters. The summed E-state index contributed by atoms with van der Waals surface area (Å²) in [4.78, 5) is 40.5. The molecule has 2 aromatic rings. The molecule has 150 valence electrons. The lowest BCUT2D eigenvalue weighted by atomic mass is 9.80. The molecule has 0 radical (unpaired) electrons. The first kappa shape index (κ1) is 19.3. The van der Waals surface area contributed by atoms with E-state index in [4.69, 9.17) is 4.74 Å². The van der Waals surface area contributed by atoms with E-state index in [0.29, 0.717) is 6.42 Å². The lowest BCUT2D eigenvalue weighted by Crippen LogP contribution is -2.55. The first-order chi connectivity index (χ1) is 14.0. The summed E-state index contributed by atoms with van der Waals surface area (Å²) in [5, 5.41) is 3.27. The zero-order valence-electron chi connectivity index (χ0n) is 16.5. The molecular formula is C23H24N2O4. The van der Waals surface area contributed by atoms with Gasteiger partial charge in [0.2, 0.25) is 11.8 Å². The Kier molecular flexibility index (Phi) is 4.96. The molecule has 2 amide bonds. The van der Waals surface area contributed by atoms with Crippen LogP contribution in [0.5, 0.6) is 0 Å². The van der Waals surface area contributed by atoms with Crippen LogP contribution < -0.4 is 5.32 Å². The van der Waals surface area contributed by atoms with E-state index in [2.05, 4.69) is 5.32 Å². The Morgan fingerprint density at radius 2 is 1.59 bits per heavy atom. The van der Waals surface area contributed by atoms with E-state index in [1.54, 1.807) is 6.92 Å². The smallest absolute Gasteiger partial charge is 0.326 e. The summed E-state index contributed by atoms with van der Waals surface area (Å²) < 4.78 is 5.00. The highest BCUT2D eigenvalue weighted by Gasteiger charge is 2.66. The molecular weight excluding hydrogens is 368 g/mol. The summed E-state index contributed by atoms with van der Waals surface area (Å²) in [5.74, 6) is -2.45. The molecule has 2 aromatic carbocycles. The number of nitrogens with one attached hydrogen (secondary N) is 1. The van der Waals surface area contributed by atoms with E-state index in [1.807, 2.05) is 60.7 Å². The Labute approximate surface area is 169 Å². The average molecular weight is 392 g/mol. The van der Waals surface area contributed by atoms with Crippen molar-refractivity contribution in [1.29, 1.82) is 0 Å². The highest BCUT2D eigenvalue weighted by atomic mass is 16.5. The molecule has 2 aliphatic rings. The van der Waals surface area contributed by atoms with Gasteiger partial charge in [-0.3, -0.25) is 24.6 Å². The normalized spacial score (nSPS) is 28.5. The summed E-state index contributed by atoms with van der Waals surface area (Å²) in [6.07, 6.45) is 0.548. The number of carbonyl (C=O) groups excluding carboxylic acids is 3. The average Bonchev–Trinajstić information content (AvgIpc) is 3.17. The SMILES string of the molecule is COC(=O)C1(C)NC(Cc2ccccc2)C2C(=O)N(Cc3ccccc3)C(=O)C21. The molecule has 6 heteroatoms. The number of likely N-dealkylation sites (tertiary alicyclic amines) is 1. The van der Waals surface area contributed by atoms with Crippen LogP contribution in [0.2, 0.25) is 0 Å².